The minimum atomic E-state index is -0.475. The van der Waals surface area contributed by atoms with E-state index in [4.69, 9.17) is 4.74 Å². The van der Waals surface area contributed by atoms with E-state index in [1.807, 2.05) is 26.1 Å². The van der Waals surface area contributed by atoms with Gasteiger partial charge in [0.25, 0.3) is 0 Å². The molecule has 2 aromatic rings. The molecule has 5 aliphatic rings. The molecule has 0 spiro atoms. The number of rotatable bonds is 1. The summed E-state index contributed by atoms with van der Waals surface area (Å²) in [7, 11) is 2.01. The van der Waals surface area contributed by atoms with Gasteiger partial charge >= 0.3 is 11.9 Å². The van der Waals surface area contributed by atoms with Crippen LogP contribution in [0.25, 0.3) is 16.5 Å². The Balaban J connectivity index is 1.57. The van der Waals surface area contributed by atoms with Crippen molar-refractivity contribution in [2.75, 3.05) is 0 Å². The third-order valence-corrected chi connectivity index (χ3v) is 7.83. The highest BCUT2D eigenvalue weighted by Gasteiger charge is 2.49. The first-order valence-electron chi connectivity index (χ1n) is 10.8. The number of allylic oxidation sites excluding steroid dienone is 2. The molecule has 4 saturated carbocycles. The fourth-order valence-electron chi connectivity index (χ4n) is 6.87. The number of fused-ring (bicyclic) bond motifs is 1. The predicted octanol–water partition coefficient (Wildman–Crippen LogP) is 4.79. The third-order valence-electron chi connectivity index (χ3n) is 7.83. The second kappa shape index (κ2) is 5.94. The van der Waals surface area contributed by atoms with E-state index in [9.17, 15) is 9.59 Å². The molecule has 0 atom stereocenters. The first-order valence-corrected chi connectivity index (χ1v) is 10.8. The second-order valence-electron chi connectivity index (χ2n) is 9.48. The standard InChI is InChI=1S/C25H25NO3/c1-13(19-12-26(2)20-6-4-3-5-18(19)20)21-23(25(28)29-24(21)27)22-16-8-14-7-15(10-16)11-17(22)9-14/h3-6,12,14-17H,7-11H2,1-2H3/b21-13-,23-22?. The minimum absolute atomic E-state index is 0.424. The van der Waals surface area contributed by atoms with E-state index in [0.29, 0.717) is 23.0 Å². The molecule has 29 heavy (non-hydrogen) atoms. The van der Waals surface area contributed by atoms with Crippen molar-refractivity contribution in [1.29, 1.82) is 0 Å². The molecule has 4 aliphatic carbocycles. The van der Waals surface area contributed by atoms with Gasteiger partial charge in [0, 0.05) is 29.7 Å². The van der Waals surface area contributed by atoms with Gasteiger partial charge in [-0.25, -0.2) is 9.59 Å². The zero-order valence-electron chi connectivity index (χ0n) is 16.9. The summed E-state index contributed by atoms with van der Waals surface area (Å²) < 4.78 is 7.28. The van der Waals surface area contributed by atoms with Gasteiger partial charge < -0.3 is 9.30 Å². The van der Waals surface area contributed by atoms with Gasteiger partial charge in [0.05, 0.1) is 11.1 Å². The van der Waals surface area contributed by atoms with E-state index >= 15 is 0 Å². The van der Waals surface area contributed by atoms with E-state index in [-0.39, 0.29) is 0 Å². The number of ether oxygens (including phenoxy) is 1. The molecular weight excluding hydrogens is 362 g/mol. The van der Waals surface area contributed by atoms with Gasteiger partial charge in [-0.3, -0.25) is 0 Å². The Morgan fingerprint density at radius 1 is 0.966 bits per heavy atom. The SMILES string of the molecule is C/C(=C1/C(=O)OC(=O)C1=C1C2CC3CC(C2)CC1C3)c1cn(C)c2ccccc12. The molecule has 1 saturated heterocycles. The van der Waals surface area contributed by atoms with Crippen molar-refractivity contribution < 1.29 is 14.3 Å². The highest BCUT2D eigenvalue weighted by Crippen LogP contribution is 2.58. The van der Waals surface area contributed by atoms with Crippen LogP contribution in [0.4, 0.5) is 0 Å². The van der Waals surface area contributed by atoms with Crippen LogP contribution in [0.2, 0.25) is 0 Å². The molecule has 5 fully saturated rings. The number of carbonyl (C=O) groups excluding carboxylic acids is 2. The maximum absolute atomic E-state index is 12.9. The highest BCUT2D eigenvalue weighted by atomic mass is 16.6. The molecule has 1 aliphatic heterocycles. The summed E-state index contributed by atoms with van der Waals surface area (Å²) in [6.45, 7) is 1.97. The molecule has 148 valence electrons. The minimum Gasteiger partial charge on any atom is -0.386 e. The number of esters is 2. The summed E-state index contributed by atoms with van der Waals surface area (Å²) in [6.07, 6.45) is 8.11. The molecule has 1 aromatic heterocycles. The van der Waals surface area contributed by atoms with Crippen LogP contribution in [-0.2, 0) is 21.4 Å². The molecule has 0 unspecified atom stereocenters. The fraction of sp³-hybridized carbons (Fsp3) is 0.440. The molecule has 4 bridgehead atoms. The molecule has 2 heterocycles. The maximum atomic E-state index is 12.9. The van der Waals surface area contributed by atoms with Crippen molar-refractivity contribution in [1.82, 2.24) is 4.57 Å². The van der Waals surface area contributed by atoms with Crippen molar-refractivity contribution >= 4 is 28.4 Å². The highest BCUT2D eigenvalue weighted by molar-refractivity contribution is 6.22. The summed E-state index contributed by atoms with van der Waals surface area (Å²) in [4.78, 5) is 25.7. The van der Waals surface area contributed by atoms with Gasteiger partial charge in [0.2, 0.25) is 0 Å². The number of hydrogen-bond acceptors (Lipinski definition) is 3. The summed E-state index contributed by atoms with van der Waals surface area (Å²) in [5.41, 5.74) is 5.33. The average molecular weight is 387 g/mol. The summed E-state index contributed by atoms with van der Waals surface area (Å²) >= 11 is 0. The average Bonchev–Trinajstić information content (AvgIpc) is 3.17. The lowest BCUT2D eigenvalue weighted by Gasteiger charge is -2.51. The van der Waals surface area contributed by atoms with Gasteiger partial charge in [0.15, 0.2) is 0 Å². The zero-order valence-corrected chi connectivity index (χ0v) is 16.9. The largest absolute Gasteiger partial charge is 0.386 e. The Bertz CT molecular complexity index is 1120. The maximum Gasteiger partial charge on any atom is 0.347 e. The fourth-order valence-corrected chi connectivity index (χ4v) is 6.87. The lowest BCUT2D eigenvalue weighted by molar-refractivity contribution is -0.149. The first-order chi connectivity index (χ1) is 14.0. The molecule has 7 rings (SSSR count). The van der Waals surface area contributed by atoms with Crippen LogP contribution >= 0.6 is 0 Å². The first kappa shape index (κ1) is 17.3. The molecule has 0 radical (unpaired) electrons. The van der Waals surface area contributed by atoms with Crippen LogP contribution < -0.4 is 0 Å². The van der Waals surface area contributed by atoms with Gasteiger partial charge in [-0.05, 0) is 79.9 Å². The van der Waals surface area contributed by atoms with Crippen molar-refractivity contribution in [3.05, 3.63) is 52.7 Å². The quantitative estimate of drug-likeness (QED) is 0.402. The van der Waals surface area contributed by atoms with Crippen molar-refractivity contribution in [3.63, 3.8) is 0 Å². The molecule has 0 amide bonds. The van der Waals surface area contributed by atoms with E-state index in [2.05, 4.69) is 22.9 Å². The van der Waals surface area contributed by atoms with Gasteiger partial charge in [-0.1, -0.05) is 18.2 Å². The molecular formula is C25H25NO3. The summed E-state index contributed by atoms with van der Waals surface area (Å²) in [5.74, 6) is 1.62. The van der Waals surface area contributed by atoms with Crippen molar-refractivity contribution in [2.45, 2.75) is 39.0 Å². The van der Waals surface area contributed by atoms with Gasteiger partial charge in [-0.2, -0.15) is 0 Å². The van der Waals surface area contributed by atoms with E-state index in [1.54, 1.807) is 0 Å². The number of aromatic nitrogens is 1. The smallest absolute Gasteiger partial charge is 0.347 e. The Kier molecular flexibility index (Phi) is 3.54. The van der Waals surface area contributed by atoms with Crippen LogP contribution in [0, 0.1) is 23.7 Å². The number of carbonyl (C=O) groups is 2. The van der Waals surface area contributed by atoms with Crippen LogP contribution in [0.1, 0.15) is 44.6 Å². The lowest BCUT2D eigenvalue weighted by Crippen LogP contribution is -2.41. The lowest BCUT2D eigenvalue weighted by atomic mass is 9.53. The number of hydrogen-bond donors (Lipinski definition) is 0. The number of nitrogens with zero attached hydrogens (tertiary/aromatic N) is 1. The van der Waals surface area contributed by atoms with Crippen molar-refractivity contribution in [3.8, 4) is 0 Å². The van der Waals surface area contributed by atoms with Gasteiger partial charge in [-0.15, -0.1) is 0 Å². The number of benzene rings is 1. The molecule has 4 heteroatoms. The van der Waals surface area contributed by atoms with Crippen LogP contribution in [0.3, 0.4) is 0 Å². The Morgan fingerprint density at radius 2 is 1.62 bits per heavy atom. The summed E-state index contributed by atoms with van der Waals surface area (Å²) in [6, 6.07) is 8.18. The van der Waals surface area contributed by atoms with Gasteiger partial charge in [0.1, 0.15) is 0 Å². The Hall–Kier alpha value is -2.62. The van der Waals surface area contributed by atoms with Crippen molar-refractivity contribution in [2.24, 2.45) is 30.7 Å². The number of aryl methyl sites for hydroxylation is 1. The zero-order chi connectivity index (χ0) is 19.9. The molecule has 0 N–H and O–H groups in total. The summed E-state index contributed by atoms with van der Waals surface area (Å²) in [5, 5.41) is 1.10. The second-order valence-corrected chi connectivity index (χ2v) is 9.48. The van der Waals surface area contributed by atoms with Crippen LogP contribution in [-0.4, -0.2) is 16.5 Å². The molecule has 4 nitrogen and oxygen atoms in total. The van der Waals surface area contributed by atoms with E-state index < -0.39 is 11.9 Å². The van der Waals surface area contributed by atoms with Crippen LogP contribution in [0.5, 0.6) is 0 Å². The topological polar surface area (TPSA) is 48.3 Å². The molecule has 1 aromatic carbocycles. The number of para-hydroxylation sites is 1. The number of cyclic esters (lactones) is 2. The predicted molar refractivity (Wildman–Crippen MR) is 111 cm³/mol. The normalized spacial score (nSPS) is 32.5. The Labute approximate surface area is 170 Å². The van der Waals surface area contributed by atoms with E-state index in [1.165, 1.54) is 37.7 Å². The van der Waals surface area contributed by atoms with Crippen LogP contribution in [0.15, 0.2) is 47.2 Å². The van der Waals surface area contributed by atoms with E-state index in [0.717, 1.165) is 33.9 Å². The third kappa shape index (κ3) is 2.38. The Morgan fingerprint density at radius 3 is 2.31 bits per heavy atom. The monoisotopic (exact) mass is 387 g/mol.